The molecule has 1 aromatic heterocycles. The van der Waals surface area contributed by atoms with Crippen LogP contribution in [0.15, 0.2) is 83.8 Å². The SMILES string of the molecule is Cc1ccc(N2C3=C(C(=O)CCC3)C(c3ccc4c(c3)OCO4)C(C#N)=C2n2cccc2)cc1. The number of hydrogen-bond acceptors (Lipinski definition) is 5. The van der Waals surface area contributed by atoms with Crippen LogP contribution in [-0.4, -0.2) is 17.1 Å². The van der Waals surface area contributed by atoms with Gasteiger partial charge in [0.25, 0.3) is 0 Å². The van der Waals surface area contributed by atoms with Crippen LogP contribution in [0.5, 0.6) is 11.5 Å². The van der Waals surface area contributed by atoms with Crippen molar-refractivity contribution in [2.24, 2.45) is 0 Å². The number of allylic oxidation sites excluding steroid dienone is 3. The summed E-state index contributed by atoms with van der Waals surface area (Å²) in [6, 6.07) is 20.3. The number of ether oxygens (including phenoxy) is 2. The second-order valence-corrected chi connectivity index (χ2v) is 8.79. The fourth-order valence-electron chi connectivity index (χ4n) is 5.17. The van der Waals surface area contributed by atoms with Crippen molar-refractivity contribution in [2.75, 3.05) is 11.7 Å². The highest BCUT2D eigenvalue weighted by molar-refractivity contribution is 6.03. The zero-order chi connectivity index (χ0) is 23.2. The number of ketones is 1. The second kappa shape index (κ2) is 7.96. The van der Waals surface area contributed by atoms with Gasteiger partial charge in [-0.1, -0.05) is 23.8 Å². The van der Waals surface area contributed by atoms with Crippen molar-refractivity contribution >= 4 is 17.3 Å². The Kier molecular flexibility index (Phi) is 4.77. The van der Waals surface area contributed by atoms with Gasteiger partial charge in [0, 0.05) is 35.8 Å². The Morgan fingerprint density at radius 1 is 1.00 bits per heavy atom. The predicted octanol–water partition coefficient (Wildman–Crippen LogP) is 5.53. The third kappa shape index (κ3) is 3.12. The monoisotopic (exact) mass is 449 g/mol. The summed E-state index contributed by atoms with van der Waals surface area (Å²) in [5.74, 6) is 1.70. The molecule has 0 spiro atoms. The van der Waals surface area contributed by atoms with Crippen molar-refractivity contribution in [2.45, 2.75) is 32.1 Å². The van der Waals surface area contributed by atoms with Gasteiger partial charge in [0.2, 0.25) is 6.79 Å². The lowest BCUT2D eigenvalue weighted by Crippen LogP contribution is -2.36. The first kappa shape index (κ1) is 20.4. The summed E-state index contributed by atoms with van der Waals surface area (Å²) in [7, 11) is 0. The minimum atomic E-state index is -0.471. The molecule has 2 aromatic carbocycles. The molecule has 0 saturated heterocycles. The molecule has 1 aliphatic carbocycles. The predicted molar refractivity (Wildman–Crippen MR) is 128 cm³/mol. The van der Waals surface area contributed by atoms with Crippen LogP contribution in [0.2, 0.25) is 0 Å². The van der Waals surface area contributed by atoms with Crippen LogP contribution in [0.4, 0.5) is 5.69 Å². The standard InChI is InChI=1S/C28H23N3O3/c1-18-7-10-20(11-8-18)31-22-5-4-6-23(32)27(22)26(19-9-12-24-25(15-19)34-17-33-24)21(16-29)28(31)30-13-2-3-14-30/h2-3,7-15,26H,4-6,17H2,1H3. The molecule has 1 atom stereocenters. The Hall–Kier alpha value is -4.24. The summed E-state index contributed by atoms with van der Waals surface area (Å²) in [4.78, 5) is 15.6. The number of Topliss-reactive ketones (excluding diaryl/α,β-unsaturated/α-hetero) is 1. The molecule has 168 valence electrons. The van der Waals surface area contributed by atoms with Gasteiger partial charge < -0.3 is 14.0 Å². The maximum absolute atomic E-state index is 13.5. The molecular formula is C28H23N3O3. The molecule has 0 saturated carbocycles. The molecule has 3 aliphatic rings. The average Bonchev–Trinajstić information content (AvgIpc) is 3.55. The zero-order valence-electron chi connectivity index (χ0n) is 18.8. The van der Waals surface area contributed by atoms with E-state index >= 15 is 0 Å². The average molecular weight is 450 g/mol. The van der Waals surface area contributed by atoms with E-state index in [0.717, 1.165) is 41.2 Å². The van der Waals surface area contributed by atoms with Crippen LogP contribution >= 0.6 is 0 Å². The third-order valence-electron chi connectivity index (χ3n) is 6.72. The number of fused-ring (bicyclic) bond motifs is 1. The van der Waals surface area contributed by atoms with E-state index in [1.54, 1.807) is 0 Å². The lowest BCUT2D eigenvalue weighted by Gasteiger charge is -2.41. The Morgan fingerprint density at radius 2 is 1.76 bits per heavy atom. The Balaban J connectivity index is 1.64. The summed E-state index contributed by atoms with van der Waals surface area (Å²) in [5, 5.41) is 10.5. The maximum atomic E-state index is 13.5. The van der Waals surface area contributed by atoms with E-state index in [2.05, 4.69) is 35.2 Å². The smallest absolute Gasteiger partial charge is 0.231 e. The van der Waals surface area contributed by atoms with Crippen molar-refractivity contribution in [3.8, 4) is 17.6 Å². The number of nitrogens with zero attached hydrogens (tertiary/aromatic N) is 3. The van der Waals surface area contributed by atoms with Crippen molar-refractivity contribution in [3.05, 3.63) is 95.0 Å². The summed E-state index contributed by atoms with van der Waals surface area (Å²) >= 11 is 0. The summed E-state index contributed by atoms with van der Waals surface area (Å²) in [5.41, 5.74) is 5.15. The van der Waals surface area contributed by atoms with Gasteiger partial charge in [-0.15, -0.1) is 0 Å². The molecule has 6 heteroatoms. The van der Waals surface area contributed by atoms with Gasteiger partial charge in [0.1, 0.15) is 5.82 Å². The molecule has 0 amide bonds. The number of hydrogen-bond donors (Lipinski definition) is 0. The number of nitriles is 1. The molecule has 34 heavy (non-hydrogen) atoms. The maximum Gasteiger partial charge on any atom is 0.231 e. The van der Waals surface area contributed by atoms with Crippen LogP contribution in [0.1, 0.15) is 36.3 Å². The van der Waals surface area contributed by atoms with Crippen LogP contribution in [-0.2, 0) is 4.79 Å². The molecular weight excluding hydrogens is 426 g/mol. The molecule has 1 unspecified atom stereocenters. The van der Waals surface area contributed by atoms with Gasteiger partial charge in [-0.2, -0.15) is 5.26 Å². The van der Waals surface area contributed by atoms with Crippen LogP contribution in [0.3, 0.4) is 0 Å². The van der Waals surface area contributed by atoms with Crippen molar-refractivity contribution in [1.29, 1.82) is 5.26 Å². The number of benzene rings is 2. The van der Waals surface area contributed by atoms with Crippen LogP contribution in [0.25, 0.3) is 5.82 Å². The van der Waals surface area contributed by atoms with E-state index in [9.17, 15) is 10.1 Å². The summed E-state index contributed by atoms with van der Waals surface area (Å²) < 4.78 is 13.1. The first-order valence-electron chi connectivity index (χ1n) is 11.5. The molecule has 6 rings (SSSR count). The number of anilines is 1. The van der Waals surface area contributed by atoms with Gasteiger partial charge in [-0.3, -0.25) is 9.69 Å². The van der Waals surface area contributed by atoms with Crippen LogP contribution in [0, 0.1) is 18.3 Å². The van der Waals surface area contributed by atoms with Gasteiger partial charge in [-0.25, -0.2) is 0 Å². The quantitative estimate of drug-likeness (QED) is 0.526. The molecule has 6 nitrogen and oxygen atoms in total. The van der Waals surface area contributed by atoms with E-state index in [0.29, 0.717) is 29.1 Å². The highest BCUT2D eigenvalue weighted by atomic mass is 16.7. The Labute approximate surface area is 197 Å². The first-order chi connectivity index (χ1) is 16.7. The van der Waals surface area contributed by atoms with E-state index < -0.39 is 5.92 Å². The molecule has 0 radical (unpaired) electrons. The number of aryl methyl sites for hydroxylation is 1. The highest BCUT2D eigenvalue weighted by Gasteiger charge is 2.42. The largest absolute Gasteiger partial charge is 0.454 e. The molecule has 2 aliphatic heterocycles. The minimum Gasteiger partial charge on any atom is -0.454 e. The summed E-state index contributed by atoms with van der Waals surface area (Å²) in [6.07, 6.45) is 5.93. The molecule has 0 bridgehead atoms. The van der Waals surface area contributed by atoms with Crippen molar-refractivity contribution < 1.29 is 14.3 Å². The third-order valence-corrected chi connectivity index (χ3v) is 6.72. The van der Waals surface area contributed by atoms with Gasteiger partial charge in [0.15, 0.2) is 17.3 Å². The van der Waals surface area contributed by atoms with Gasteiger partial charge in [0.05, 0.1) is 17.6 Å². The lowest BCUT2D eigenvalue weighted by molar-refractivity contribution is -0.116. The topological polar surface area (TPSA) is 67.5 Å². The molecule has 3 heterocycles. The van der Waals surface area contributed by atoms with Gasteiger partial charge >= 0.3 is 0 Å². The highest BCUT2D eigenvalue weighted by Crippen LogP contribution is 2.49. The van der Waals surface area contributed by atoms with E-state index in [-0.39, 0.29) is 12.6 Å². The summed E-state index contributed by atoms with van der Waals surface area (Å²) in [6.45, 7) is 2.22. The lowest BCUT2D eigenvalue weighted by atomic mass is 9.75. The molecule has 0 N–H and O–H groups in total. The zero-order valence-corrected chi connectivity index (χ0v) is 18.8. The second-order valence-electron chi connectivity index (χ2n) is 8.79. The van der Waals surface area contributed by atoms with Crippen molar-refractivity contribution in [1.82, 2.24) is 4.57 Å². The van der Waals surface area contributed by atoms with Crippen LogP contribution < -0.4 is 14.4 Å². The van der Waals surface area contributed by atoms with E-state index in [1.165, 1.54) is 0 Å². The number of carbonyl (C=O) groups excluding carboxylic acids is 1. The Morgan fingerprint density at radius 3 is 2.53 bits per heavy atom. The molecule has 0 fully saturated rings. The molecule has 3 aromatic rings. The van der Waals surface area contributed by atoms with Crippen molar-refractivity contribution in [3.63, 3.8) is 0 Å². The first-order valence-corrected chi connectivity index (χ1v) is 11.5. The Bertz CT molecular complexity index is 1390. The number of carbonyl (C=O) groups is 1. The van der Waals surface area contributed by atoms with E-state index in [1.807, 2.05) is 54.2 Å². The fourth-order valence-corrected chi connectivity index (χ4v) is 5.17. The number of aromatic nitrogens is 1. The minimum absolute atomic E-state index is 0.0975. The van der Waals surface area contributed by atoms with E-state index in [4.69, 9.17) is 9.47 Å². The normalized spacial score (nSPS) is 19.4. The van der Waals surface area contributed by atoms with Gasteiger partial charge in [-0.05, 0) is 61.7 Å². The number of rotatable bonds is 3. The fraction of sp³-hybridized carbons (Fsp3) is 0.214.